The molecule has 0 bridgehead atoms. The number of hydrogen-bond acceptors (Lipinski definition) is 4. The molecule has 160 valence electrons. The van der Waals surface area contributed by atoms with Gasteiger partial charge in [0.1, 0.15) is 17.6 Å². The number of pyridine rings is 1. The zero-order valence-electron chi connectivity index (χ0n) is 16.6. The Bertz CT molecular complexity index is 1090. The molecule has 1 N–H and O–H groups in total. The summed E-state index contributed by atoms with van der Waals surface area (Å²) in [5.74, 6) is 1.53. The summed E-state index contributed by atoms with van der Waals surface area (Å²) < 4.78 is 12.2. The summed E-state index contributed by atoms with van der Waals surface area (Å²) >= 11 is 18.0. The Morgan fingerprint density at radius 3 is 2.77 bits per heavy atom. The van der Waals surface area contributed by atoms with Crippen LogP contribution < -0.4 is 5.32 Å². The van der Waals surface area contributed by atoms with Gasteiger partial charge in [-0.25, -0.2) is 0 Å². The number of aromatic nitrogens is 1. The fraction of sp³-hybridized carbons (Fsp3) is 0.304. The molecular formula is C23H21Cl2N3O2S. The molecule has 0 radical (unpaired) electrons. The molecule has 2 saturated heterocycles. The van der Waals surface area contributed by atoms with Gasteiger partial charge in [0.15, 0.2) is 5.11 Å². The monoisotopic (exact) mass is 473 g/mol. The lowest BCUT2D eigenvalue weighted by Gasteiger charge is -2.28. The summed E-state index contributed by atoms with van der Waals surface area (Å²) in [6.45, 7) is 1.51. The number of furan rings is 1. The van der Waals surface area contributed by atoms with Crippen LogP contribution in [-0.4, -0.2) is 34.3 Å². The number of hydrogen-bond donors (Lipinski definition) is 1. The van der Waals surface area contributed by atoms with Gasteiger partial charge in [-0.2, -0.15) is 0 Å². The van der Waals surface area contributed by atoms with Gasteiger partial charge in [-0.05, 0) is 67.5 Å². The maximum absolute atomic E-state index is 6.33. The van der Waals surface area contributed by atoms with Crippen LogP contribution >= 0.6 is 35.4 Å². The van der Waals surface area contributed by atoms with Crippen LogP contribution in [0.15, 0.2) is 59.1 Å². The van der Waals surface area contributed by atoms with Gasteiger partial charge in [0.2, 0.25) is 0 Å². The minimum Gasteiger partial charge on any atom is -0.459 e. The molecule has 0 saturated carbocycles. The minimum absolute atomic E-state index is 0.122. The molecule has 4 heterocycles. The van der Waals surface area contributed by atoms with Crippen molar-refractivity contribution < 1.29 is 9.15 Å². The molecule has 1 aromatic carbocycles. The second kappa shape index (κ2) is 8.79. The molecule has 5 nitrogen and oxygen atoms in total. The summed E-state index contributed by atoms with van der Waals surface area (Å²) in [4.78, 5) is 6.74. The first kappa shape index (κ1) is 20.8. The molecule has 31 heavy (non-hydrogen) atoms. The predicted molar refractivity (Wildman–Crippen MR) is 125 cm³/mol. The van der Waals surface area contributed by atoms with Crippen molar-refractivity contribution >= 4 is 40.5 Å². The molecule has 5 rings (SSSR count). The van der Waals surface area contributed by atoms with Crippen molar-refractivity contribution in [2.75, 3.05) is 13.2 Å². The lowest BCUT2D eigenvalue weighted by atomic mass is 10.0. The molecule has 0 amide bonds. The van der Waals surface area contributed by atoms with Gasteiger partial charge in [0.25, 0.3) is 0 Å². The van der Waals surface area contributed by atoms with Crippen molar-refractivity contribution in [3.05, 3.63) is 76.2 Å². The van der Waals surface area contributed by atoms with E-state index in [2.05, 4.69) is 15.2 Å². The van der Waals surface area contributed by atoms with Gasteiger partial charge in [-0.3, -0.25) is 4.98 Å². The number of nitrogens with one attached hydrogen (secondary N) is 1. The lowest BCUT2D eigenvalue weighted by molar-refractivity contribution is 0.0818. The van der Waals surface area contributed by atoms with E-state index in [1.165, 1.54) is 0 Å². The normalized spacial score (nSPS) is 23.4. The van der Waals surface area contributed by atoms with E-state index in [1.54, 1.807) is 12.3 Å². The van der Waals surface area contributed by atoms with E-state index >= 15 is 0 Å². The highest BCUT2D eigenvalue weighted by atomic mass is 35.5. The van der Waals surface area contributed by atoms with E-state index in [0.717, 1.165) is 42.2 Å². The van der Waals surface area contributed by atoms with Crippen LogP contribution in [0.1, 0.15) is 36.4 Å². The standard InChI is InChI=1S/C23H21Cl2N3O2S/c24-16-7-6-14(12-17(16)25)19-8-9-20(30-19)22-21(18-5-1-2-10-26-18)27-23(31)28(22)13-15-4-3-11-29-15/h1-2,5-10,12,15,21-22H,3-4,11,13H2,(H,27,31)/t15-,21-,22-/m0/s1. The molecule has 2 fully saturated rings. The van der Waals surface area contributed by atoms with Crippen molar-refractivity contribution in [3.63, 3.8) is 0 Å². The smallest absolute Gasteiger partial charge is 0.170 e. The van der Waals surface area contributed by atoms with Crippen molar-refractivity contribution in [1.29, 1.82) is 0 Å². The highest BCUT2D eigenvalue weighted by molar-refractivity contribution is 7.80. The summed E-state index contributed by atoms with van der Waals surface area (Å²) in [5.41, 5.74) is 1.78. The Balaban J connectivity index is 1.50. The average Bonchev–Trinajstić information content (AvgIpc) is 3.52. The van der Waals surface area contributed by atoms with Gasteiger partial charge >= 0.3 is 0 Å². The quantitative estimate of drug-likeness (QED) is 0.472. The molecule has 2 aliphatic rings. The first-order valence-electron chi connectivity index (χ1n) is 10.2. The summed E-state index contributed by atoms with van der Waals surface area (Å²) in [5, 5.41) is 5.14. The maximum atomic E-state index is 6.33. The highest BCUT2D eigenvalue weighted by Gasteiger charge is 2.42. The second-order valence-corrected chi connectivity index (χ2v) is 8.95. The maximum Gasteiger partial charge on any atom is 0.170 e. The van der Waals surface area contributed by atoms with E-state index in [1.807, 2.05) is 42.5 Å². The van der Waals surface area contributed by atoms with Crippen LogP contribution in [0.4, 0.5) is 0 Å². The second-order valence-electron chi connectivity index (χ2n) is 7.74. The van der Waals surface area contributed by atoms with Crippen molar-refractivity contribution in [2.45, 2.75) is 31.0 Å². The molecule has 2 aromatic heterocycles. The summed E-state index contributed by atoms with van der Waals surface area (Å²) in [6, 6.07) is 15.1. The number of thiocarbonyl (C=S) groups is 1. The third-order valence-corrected chi connectivity index (χ3v) is 6.84. The van der Waals surface area contributed by atoms with Crippen LogP contribution in [0.25, 0.3) is 11.3 Å². The third kappa shape index (κ3) is 4.17. The minimum atomic E-state index is -0.136. The zero-order chi connectivity index (χ0) is 21.4. The molecule has 0 unspecified atom stereocenters. The number of nitrogens with zero attached hydrogens (tertiary/aromatic N) is 2. The molecule has 0 spiro atoms. The largest absolute Gasteiger partial charge is 0.459 e. The van der Waals surface area contributed by atoms with Crippen LogP contribution in [0.2, 0.25) is 10.0 Å². The predicted octanol–water partition coefficient (Wildman–Crippen LogP) is 5.80. The summed E-state index contributed by atoms with van der Waals surface area (Å²) in [7, 11) is 0. The fourth-order valence-corrected chi connectivity index (χ4v) is 4.85. The average molecular weight is 474 g/mol. The molecule has 8 heteroatoms. The Hall–Kier alpha value is -2.12. The van der Waals surface area contributed by atoms with Gasteiger partial charge < -0.3 is 19.4 Å². The van der Waals surface area contributed by atoms with Gasteiger partial charge in [-0.15, -0.1) is 0 Å². The van der Waals surface area contributed by atoms with Crippen LogP contribution in [0.3, 0.4) is 0 Å². The van der Waals surface area contributed by atoms with Crippen molar-refractivity contribution in [1.82, 2.24) is 15.2 Å². The Kier molecular flexibility index (Phi) is 5.89. The fourth-order valence-electron chi connectivity index (χ4n) is 4.24. The first-order valence-corrected chi connectivity index (χ1v) is 11.4. The third-order valence-electron chi connectivity index (χ3n) is 5.74. The van der Waals surface area contributed by atoms with E-state index in [9.17, 15) is 0 Å². The Morgan fingerprint density at radius 1 is 1.13 bits per heavy atom. The first-order chi connectivity index (χ1) is 15.1. The van der Waals surface area contributed by atoms with Crippen molar-refractivity contribution in [2.24, 2.45) is 0 Å². The van der Waals surface area contributed by atoms with Crippen LogP contribution in [0, 0.1) is 0 Å². The Labute approximate surface area is 196 Å². The van der Waals surface area contributed by atoms with Crippen LogP contribution in [-0.2, 0) is 4.74 Å². The Morgan fingerprint density at radius 2 is 2.03 bits per heavy atom. The van der Waals surface area contributed by atoms with Gasteiger partial charge in [0, 0.05) is 24.9 Å². The highest BCUT2D eigenvalue weighted by Crippen LogP contribution is 2.41. The number of halogens is 2. The van der Waals surface area contributed by atoms with Crippen LogP contribution in [0.5, 0.6) is 0 Å². The molecule has 3 atom stereocenters. The number of benzene rings is 1. The molecular weight excluding hydrogens is 453 g/mol. The molecule has 2 aliphatic heterocycles. The molecule has 0 aliphatic carbocycles. The molecule has 3 aromatic rings. The van der Waals surface area contributed by atoms with Crippen molar-refractivity contribution in [3.8, 4) is 11.3 Å². The zero-order valence-corrected chi connectivity index (χ0v) is 19.0. The lowest BCUT2D eigenvalue weighted by Crippen LogP contribution is -2.36. The van der Waals surface area contributed by atoms with E-state index in [0.29, 0.717) is 21.7 Å². The van der Waals surface area contributed by atoms with E-state index in [-0.39, 0.29) is 18.2 Å². The number of rotatable bonds is 5. The SMILES string of the molecule is S=C1N[C@@H](c2ccccn2)[C@H](c2ccc(-c3ccc(Cl)c(Cl)c3)o2)N1C[C@@H]1CCCO1. The van der Waals surface area contributed by atoms with E-state index in [4.69, 9.17) is 44.6 Å². The van der Waals surface area contributed by atoms with Gasteiger partial charge in [0.05, 0.1) is 27.9 Å². The summed E-state index contributed by atoms with van der Waals surface area (Å²) in [6.07, 6.45) is 4.07. The topological polar surface area (TPSA) is 50.5 Å². The number of ether oxygens (including phenoxy) is 1. The van der Waals surface area contributed by atoms with Gasteiger partial charge in [-0.1, -0.05) is 29.3 Å². The van der Waals surface area contributed by atoms with E-state index < -0.39 is 0 Å².